The maximum Gasteiger partial charge on any atom is 0.251 e. The van der Waals surface area contributed by atoms with Gasteiger partial charge in [-0.1, -0.05) is 12.8 Å². The molecule has 0 radical (unpaired) electrons. The third kappa shape index (κ3) is 3.03. The zero-order valence-corrected chi connectivity index (χ0v) is 12.0. The van der Waals surface area contributed by atoms with Crippen LogP contribution in [0.25, 0.3) is 11.0 Å². The van der Waals surface area contributed by atoms with E-state index in [1.54, 1.807) is 24.5 Å². The molecule has 0 aliphatic heterocycles. The van der Waals surface area contributed by atoms with Crippen LogP contribution in [0.15, 0.2) is 30.6 Å². The first-order valence-corrected chi connectivity index (χ1v) is 7.49. The molecule has 110 valence electrons. The number of fused-ring (bicyclic) bond motifs is 1. The fourth-order valence-corrected chi connectivity index (χ4v) is 3.04. The van der Waals surface area contributed by atoms with Crippen LogP contribution in [0.5, 0.6) is 0 Å². The van der Waals surface area contributed by atoms with Crippen molar-refractivity contribution < 1.29 is 4.79 Å². The second-order valence-electron chi connectivity index (χ2n) is 5.62. The van der Waals surface area contributed by atoms with Gasteiger partial charge in [0.2, 0.25) is 0 Å². The van der Waals surface area contributed by atoms with Crippen LogP contribution in [0.2, 0.25) is 0 Å². The number of hydrogen-bond acceptors (Lipinski definition) is 4. The van der Waals surface area contributed by atoms with Crippen molar-refractivity contribution in [2.45, 2.75) is 31.7 Å². The average molecular weight is 284 g/mol. The van der Waals surface area contributed by atoms with Crippen LogP contribution in [0.4, 0.5) is 0 Å². The highest BCUT2D eigenvalue weighted by molar-refractivity contribution is 5.97. The second kappa shape index (κ2) is 6.18. The fourth-order valence-electron chi connectivity index (χ4n) is 3.04. The standard InChI is InChI=1S/C16H20N4O/c17-10-12-3-1-2-4-13(12)20-16(21)11-5-6-14-15(9-11)19-8-7-18-14/h5-9,12-13H,1-4,10,17H2,(H,20,21). The number of nitrogens with zero attached hydrogens (tertiary/aromatic N) is 2. The molecule has 1 aliphatic carbocycles. The molecular formula is C16H20N4O. The maximum atomic E-state index is 12.4. The molecular weight excluding hydrogens is 264 g/mol. The Bertz CT molecular complexity index is 643. The third-order valence-corrected chi connectivity index (χ3v) is 4.26. The van der Waals surface area contributed by atoms with E-state index in [4.69, 9.17) is 5.73 Å². The molecule has 0 bridgehead atoms. The summed E-state index contributed by atoms with van der Waals surface area (Å²) in [6, 6.07) is 5.61. The molecule has 3 N–H and O–H groups in total. The summed E-state index contributed by atoms with van der Waals surface area (Å²) in [5, 5.41) is 3.13. The zero-order chi connectivity index (χ0) is 14.7. The predicted molar refractivity (Wildman–Crippen MR) is 81.8 cm³/mol. The van der Waals surface area contributed by atoms with Crippen LogP contribution in [0, 0.1) is 5.92 Å². The Kier molecular flexibility index (Phi) is 4.10. The lowest BCUT2D eigenvalue weighted by Crippen LogP contribution is -2.44. The van der Waals surface area contributed by atoms with Crippen molar-refractivity contribution in [3.8, 4) is 0 Å². The number of benzene rings is 1. The normalized spacial score (nSPS) is 22.1. The van der Waals surface area contributed by atoms with E-state index in [2.05, 4.69) is 15.3 Å². The Morgan fingerprint density at radius 2 is 1.95 bits per heavy atom. The number of carbonyl (C=O) groups excluding carboxylic acids is 1. The van der Waals surface area contributed by atoms with Gasteiger partial charge >= 0.3 is 0 Å². The summed E-state index contributed by atoms with van der Waals surface area (Å²) in [5.41, 5.74) is 7.98. The van der Waals surface area contributed by atoms with Gasteiger partial charge in [0.05, 0.1) is 11.0 Å². The first-order chi connectivity index (χ1) is 10.3. The lowest BCUT2D eigenvalue weighted by atomic mass is 9.84. The number of aromatic nitrogens is 2. The smallest absolute Gasteiger partial charge is 0.251 e. The van der Waals surface area contributed by atoms with Crippen LogP contribution in [0.1, 0.15) is 36.0 Å². The lowest BCUT2D eigenvalue weighted by molar-refractivity contribution is 0.0908. The average Bonchev–Trinajstić information content (AvgIpc) is 2.55. The number of rotatable bonds is 3. The van der Waals surface area contributed by atoms with Crippen molar-refractivity contribution in [3.05, 3.63) is 36.2 Å². The van der Waals surface area contributed by atoms with Crippen molar-refractivity contribution in [2.75, 3.05) is 6.54 Å². The summed E-state index contributed by atoms with van der Waals surface area (Å²) in [7, 11) is 0. The van der Waals surface area contributed by atoms with Gasteiger partial charge in [0.1, 0.15) is 0 Å². The molecule has 1 aromatic heterocycles. The second-order valence-corrected chi connectivity index (χ2v) is 5.62. The molecule has 0 saturated heterocycles. The molecule has 1 heterocycles. The minimum atomic E-state index is -0.0482. The number of nitrogens with two attached hydrogens (primary N) is 1. The van der Waals surface area contributed by atoms with Gasteiger partial charge in [0.15, 0.2) is 0 Å². The molecule has 1 aromatic carbocycles. The molecule has 5 heteroatoms. The number of amides is 1. The quantitative estimate of drug-likeness (QED) is 0.901. The van der Waals surface area contributed by atoms with Crippen LogP contribution in [-0.4, -0.2) is 28.5 Å². The van der Waals surface area contributed by atoms with E-state index in [1.807, 2.05) is 6.07 Å². The van der Waals surface area contributed by atoms with Crippen molar-refractivity contribution in [3.63, 3.8) is 0 Å². The van der Waals surface area contributed by atoms with Gasteiger partial charge in [-0.05, 0) is 43.5 Å². The van der Waals surface area contributed by atoms with Crippen molar-refractivity contribution >= 4 is 16.9 Å². The molecule has 1 saturated carbocycles. The summed E-state index contributed by atoms with van der Waals surface area (Å²) < 4.78 is 0. The molecule has 3 rings (SSSR count). The molecule has 0 spiro atoms. The van der Waals surface area contributed by atoms with E-state index >= 15 is 0 Å². The van der Waals surface area contributed by atoms with E-state index in [-0.39, 0.29) is 11.9 Å². The summed E-state index contributed by atoms with van der Waals surface area (Å²) in [6.07, 6.45) is 7.77. The topological polar surface area (TPSA) is 80.9 Å². The van der Waals surface area contributed by atoms with Crippen molar-refractivity contribution in [1.29, 1.82) is 0 Å². The number of nitrogens with one attached hydrogen (secondary N) is 1. The highest BCUT2D eigenvalue weighted by Crippen LogP contribution is 2.24. The SMILES string of the molecule is NCC1CCCCC1NC(=O)c1ccc2nccnc2c1. The maximum absolute atomic E-state index is 12.4. The molecule has 5 nitrogen and oxygen atoms in total. The van der Waals surface area contributed by atoms with E-state index in [0.717, 1.165) is 30.3 Å². The Labute approximate surface area is 124 Å². The third-order valence-electron chi connectivity index (χ3n) is 4.26. The van der Waals surface area contributed by atoms with Crippen molar-refractivity contribution in [1.82, 2.24) is 15.3 Å². The molecule has 1 amide bonds. The van der Waals surface area contributed by atoms with E-state index in [0.29, 0.717) is 18.0 Å². The number of carbonyl (C=O) groups is 1. The Morgan fingerprint density at radius 1 is 1.19 bits per heavy atom. The summed E-state index contributed by atoms with van der Waals surface area (Å²) in [4.78, 5) is 20.9. The highest BCUT2D eigenvalue weighted by Gasteiger charge is 2.25. The number of hydrogen-bond donors (Lipinski definition) is 2. The van der Waals surface area contributed by atoms with Crippen LogP contribution >= 0.6 is 0 Å². The van der Waals surface area contributed by atoms with E-state index in [9.17, 15) is 4.79 Å². The van der Waals surface area contributed by atoms with Gasteiger partial charge in [0, 0.05) is 24.0 Å². The fraction of sp³-hybridized carbons (Fsp3) is 0.438. The summed E-state index contributed by atoms with van der Waals surface area (Å²) >= 11 is 0. The summed E-state index contributed by atoms with van der Waals surface area (Å²) in [6.45, 7) is 0.633. The molecule has 21 heavy (non-hydrogen) atoms. The molecule has 2 aromatic rings. The minimum absolute atomic E-state index is 0.0482. The molecule has 1 aliphatic rings. The zero-order valence-electron chi connectivity index (χ0n) is 12.0. The summed E-state index contributed by atoms with van der Waals surface area (Å²) in [5.74, 6) is 0.343. The van der Waals surface area contributed by atoms with Crippen molar-refractivity contribution in [2.24, 2.45) is 11.7 Å². The monoisotopic (exact) mass is 284 g/mol. The Balaban J connectivity index is 1.76. The van der Waals surface area contributed by atoms with Gasteiger partial charge in [-0.25, -0.2) is 0 Å². The van der Waals surface area contributed by atoms with Crippen LogP contribution < -0.4 is 11.1 Å². The molecule has 2 atom stereocenters. The highest BCUT2D eigenvalue weighted by atomic mass is 16.1. The van der Waals surface area contributed by atoms with E-state index in [1.165, 1.54) is 6.42 Å². The Morgan fingerprint density at radius 3 is 2.76 bits per heavy atom. The lowest BCUT2D eigenvalue weighted by Gasteiger charge is -2.31. The van der Waals surface area contributed by atoms with Gasteiger partial charge in [-0.2, -0.15) is 0 Å². The molecule has 2 unspecified atom stereocenters. The first kappa shape index (κ1) is 13.9. The van der Waals surface area contributed by atoms with E-state index < -0.39 is 0 Å². The van der Waals surface area contributed by atoms with Crippen LogP contribution in [-0.2, 0) is 0 Å². The predicted octanol–water partition coefficient (Wildman–Crippen LogP) is 1.88. The largest absolute Gasteiger partial charge is 0.349 e. The van der Waals surface area contributed by atoms with Gasteiger partial charge in [-0.3, -0.25) is 14.8 Å². The van der Waals surface area contributed by atoms with Gasteiger partial charge in [0.25, 0.3) is 5.91 Å². The van der Waals surface area contributed by atoms with Gasteiger partial charge in [-0.15, -0.1) is 0 Å². The minimum Gasteiger partial charge on any atom is -0.349 e. The van der Waals surface area contributed by atoms with Crippen LogP contribution in [0.3, 0.4) is 0 Å². The first-order valence-electron chi connectivity index (χ1n) is 7.49. The van der Waals surface area contributed by atoms with Gasteiger partial charge < -0.3 is 11.1 Å². The Hall–Kier alpha value is -2.01. The molecule has 1 fully saturated rings.